The van der Waals surface area contributed by atoms with Crippen LogP contribution in [0.25, 0.3) is 17.1 Å². The molecule has 4 rings (SSSR count). The fraction of sp³-hybridized carbons (Fsp3) is 0.250. The molecule has 0 bridgehead atoms. The van der Waals surface area contributed by atoms with Gasteiger partial charge in [0.1, 0.15) is 5.75 Å². The van der Waals surface area contributed by atoms with E-state index in [2.05, 4.69) is 60.6 Å². The Balaban J connectivity index is 1.62. The van der Waals surface area contributed by atoms with E-state index in [4.69, 9.17) is 4.74 Å². The number of rotatable bonds is 7. The maximum Gasteiger partial charge on any atom is 0.234 e. The van der Waals surface area contributed by atoms with Crippen LogP contribution in [-0.4, -0.2) is 33.5 Å². The zero-order valence-electron chi connectivity index (χ0n) is 20.7. The predicted molar refractivity (Wildman–Crippen MR) is 143 cm³/mol. The molecule has 1 heterocycles. The van der Waals surface area contributed by atoms with Crippen LogP contribution in [0.3, 0.4) is 0 Å². The fourth-order valence-corrected chi connectivity index (χ4v) is 4.44. The molecule has 1 N–H and O–H groups in total. The van der Waals surface area contributed by atoms with Crippen LogP contribution in [0.2, 0.25) is 0 Å². The lowest BCUT2D eigenvalue weighted by Crippen LogP contribution is -2.14. The van der Waals surface area contributed by atoms with Crippen LogP contribution < -0.4 is 10.1 Å². The number of nitrogens with zero attached hydrogens (tertiary/aromatic N) is 3. The summed E-state index contributed by atoms with van der Waals surface area (Å²) in [5, 5.41) is 12.5. The molecule has 0 fully saturated rings. The van der Waals surface area contributed by atoms with Crippen molar-refractivity contribution in [1.29, 1.82) is 0 Å². The van der Waals surface area contributed by atoms with Crippen molar-refractivity contribution in [3.63, 3.8) is 0 Å². The standard InChI is InChI=1S/C28H30N4O2S/c1-19-7-6-8-22(17-19)29-25(33)18-35-27-31-30-26(20-9-11-21(12-10-20)28(2,3)4)32(27)23-13-15-24(34-5)16-14-23/h6-17H,18H2,1-5H3,(H,29,33). The van der Waals surface area contributed by atoms with E-state index >= 15 is 0 Å². The van der Waals surface area contributed by atoms with Crippen LogP contribution in [-0.2, 0) is 10.2 Å². The Morgan fingerprint density at radius 1 is 1.00 bits per heavy atom. The molecule has 3 aromatic carbocycles. The van der Waals surface area contributed by atoms with E-state index in [1.54, 1.807) is 7.11 Å². The highest BCUT2D eigenvalue weighted by Crippen LogP contribution is 2.31. The smallest absolute Gasteiger partial charge is 0.234 e. The first-order chi connectivity index (χ1) is 16.7. The van der Waals surface area contributed by atoms with Gasteiger partial charge in [-0.05, 0) is 59.9 Å². The molecule has 6 nitrogen and oxygen atoms in total. The second kappa shape index (κ2) is 10.4. The van der Waals surface area contributed by atoms with Gasteiger partial charge >= 0.3 is 0 Å². The number of carbonyl (C=O) groups is 1. The first-order valence-electron chi connectivity index (χ1n) is 11.4. The van der Waals surface area contributed by atoms with Gasteiger partial charge in [-0.2, -0.15) is 0 Å². The van der Waals surface area contributed by atoms with E-state index in [1.165, 1.54) is 17.3 Å². The summed E-state index contributed by atoms with van der Waals surface area (Å²) in [4.78, 5) is 12.6. The maximum absolute atomic E-state index is 12.6. The summed E-state index contributed by atoms with van der Waals surface area (Å²) in [6, 6.07) is 23.9. The SMILES string of the molecule is COc1ccc(-n2c(SCC(=O)Nc3cccc(C)c3)nnc2-c2ccc(C(C)(C)C)cc2)cc1. The topological polar surface area (TPSA) is 69.0 Å². The second-order valence-electron chi connectivity index (χ2n) is 9.37. The van der Waals surface area contributed by atoms with Gasteiger partial charge in [-0.15, -0.1) is 10.2 Å². The average molecular weight is 487 g/mol. The van der Waals surface area contributed by atoms with Crippen molar-refractivity contribution in [2.75, 3.05) is 18.2 Å². The van der Waals surface area contributed by atoms with Gasteiger partial charge in [0.05, 0.1) is 12.9 Å². The minimum absolute atomic E-state index is 0.0633. The Kier molecular flexibility index (Phi) is 7.26. The van der Waals surface area contributed by atoms with Crippen molar-refractivity contribution in [1.82, 2.24) is 14.8 Å². The molecule has 0 aliphatic carbocycles. The van der Waals surface area contributed by atoms with Crippen molar-refractivity contribution in [2.45, 2.75) is 38.3 Å². The van der Waals surface area contributed by atoms with E-state index in [1.807, 2.05) is 60.0 Å². The van der Waals surface area contributed by atoms with Crippen LogP contribution in [0.1, 0.15) is 31.9 Å². The third kappa shape index (κ3) is 5.92. The summed E-state index contributed by atoms with van der Waals surface area (Å²) >= 11 is 1.35. The Bertz CT molecular complexity index is 1310. The van der Waals surface area contributed by atoms with Crippen molar-refractivity contribution in [3.05, 3.63) is 83.9 Å². The first kappa shape index (κ1) is 24.5. The number of thioether (sulfide) groups is 1. The number of amides is 1. The quantitative estimate of drug-likeness (QED) is 0.311. The number of benzene rings is 3. The molecule has 7 heteroatoms. The Labute approximate surface area is 210 Å². The number of aromatic nitrogens is 3. The van der Waals surface area contributed by atoms with Gasteiger partial charge in [0.2, 0.25) is 5.91 Å². The fourth-order valence-electron chi connectivity index (χ4n) is 3.68. The number of methoxy groups -OCH3 is 1. The number of ether oxygens (including phenoxy) is 1. The van der Waals surface area contributed by atoms with Crippen molar-refractivity contribution in [3.8, 4) is 22.8 Å². The number of nitrogens with one attached hydrogen (secondary N) is 1. The Hall–Kier alpha value is -3.58. The number of hydrogen-bond donors (Lipinski definition) is 1. The van der Waals surface area contributed by atoms with E-state index in [0.717, 1.165) is 34.1 Å². The van der Waals surface area contributed by atoms with E-state index in [0.29, 0.717) is 5.16 Å². The van der Waals surface area contributed by atoms with Crippen LogP contribution in [0.5, 0.6) is 5.75 Å². The number of aryl methyl sites for hydroxylation is 1. The second-order valence-corrected chi connectivity index (χ2v) is 10.3. The molecule has 180 valence electrons. The lowest BCUT2D eigenvalue weighted by molar-refractivity contribution is -0.113. The lowest BCUT2D eigenvalue weighted by Gasteiger charge is -2.19. The van der Waals surface area contributed by atoms with Crippen molar-refractivity contribution in [2.24, 2.45) is 0 Å². The molecule has 1 aromatic heterocycles. The minimum Gasteiger partial charge on any atom is -0.497 e. The van der Waals surface area contributed by atoms with Crippen LogP contribution >= 0.6 is 11.8 Å². The molecule has 1 amide bonds. The molecule has 35 heavy (non-hydrogen) atoms. The summed E-state index contributed by atoms with van der Waals surface area (Å²) < 4.78 is 7.30. The summed E-state index contributed by atoms with van der Waals surface area (Å²) in [5.41, 5.74) is 5.04. The zero-order chi connectivity index (χ0) is 25.0. The van der Waals surface area contributed by atoms with E-state index < -0.39 is 0 Å². The molecule has 0 aliphatic heterocycles. The highest BCUT2D eigenvalue weighted by atomic mass is 32.2. The number of hydrogen-bond acceptors (Lipinski definition) is 5. The molecule has 0 spiro atoms. The van der Waals surface area contributed by atoms with Gasteiger partial charge in [0.15, 0.2) is 11.0 Å². The molecule has 0 radical (unpaired) electrons. The normalized spacial score (nSPS) is 11.3. The van der Waals surface area contributed by atoms with Crippen molar-refractivity contribution < 1.29 is 9.53 Å². The van der Waals surface area contributed by atoms with Gasteiger partial charge < -0.3 is 10.1 Å². The van der Waals surface area contributed by atoms with Gasteiger partial charge in [-0.3, -0.25) is 9.36 Å². The van der Waals surface area contributed by atoms with Crippen LogP contribution in [0, 0.1) is 6.92 Å². The molecule has 0 atom stereocenters. The molecular formula is C28H30N4O2S. The van der Waals surface area contributed by atoms with E-state index in [9.17, 15) is 4.79 Å². The lowest BCUT2D eigenvalue weighted by atomic mass is 9.87. The summed E-state index contributed by atoms with van der Waals surface area (Å²) in [7, 11) is 1.64. The molecule has 0 saturated carbocycles. The van der Waals surface area contributed by atoms with Gasteiger partial charge in [0, 0.05) is 16.9 Å². The molecule has 0 unspecified atom stereocenters. The molecule has 4 aromatic rings. The monoisotopic (exact) mass is 486 g/mol. The zero-order valence-corrected chi connectivity index (χ0v) is 21.5. The summed E-state index contributed by atoms with van der Waals surface area (Å²) in [6.45, 7) is 8.58. The van der Waals surface area contributed by atoms with Crippen LogP contribution in [0.4, 0.5) is 5.69 Å². The average Bonchev–Trinajstić information content (AvgIpc) is 3.26. The highest BCUT2D eigenvalue weighted by Gasteiger charge is 2.19. The van der Waals surface area contributed by atoms with Gasteiger partial charge in [0.25, 0.3) is 0 Å². The maximum atomic E-state index is 12.6. The summed E-state index contributed by atoms with van der Waals surface area (Å²) in [5.74, 6) is 1.60. The molecular weight excluding hydrogens is 456 g/mol. The number of carbonyl (C=O) groups excluding carboxylic acids is 1. The van der Waals surface area contributed by atoms with Crippen molar-refractivity contribution >= 4 is 23.4 Å². The van der Waals surface area contributed by atoms with Gasteiger partial charge in [-0.25, -0.2) is 0 Å². The minimum atomic E-state index is -0.0963. The summed E-state index contributed by atoms with van der Waals surface area (Å²) in [6.07, 6.45) is 0. The van der Waals surface area contributed by atoms with Gasteiger partial charge in [-0.1, -0.05) is 68.9 Å². The highest BCUT2D eigenvalue weighted by molar-refractivity contribution is 7.99. The first-order valence-corrected chi connectivity index (χ1v) is 12.4. The number of anilines is 1. The molecule has 0 aliphatic rings. The van der Waals surface area contributed by atoms with E-state index in [-0.39, 0.29) is 17.1 Å². The predicted octanol–water partition coefficient (Wildman–Crippen LogP) is 6.28. The molecule has 0 saturated heterocycles. The third-order valence-electron chi connectivity index (χ3n) is 5.61. The van der Waals surface area contributed by atoms with Crippen LogP contribution in [0.15, 0.2) is 78.0 Å². The Morgan fingerprint density at radius 2 is 1.71 bits per heavy atom. The third-order valence-corrected chi connectivity index (χ3v) is 6.54. The Morgan fingerprint density at radius 3 is 2.34 bits per heavy atom. The largest absolute Gasteiger partial charge is 0.497 e.